The van der Waals surface area contributed by atoms with Gasteiger partial charge >= 0.3 is 0 Å². The van der Waals surface area contributed by atoms with Gasteiger partial charge in [0.2, 0.25) is 0 Å². The lowest BCUT2D eigenvalue weighted by Crippen LogP contribution is -2.39. The predicted molar refractivity (Wildman–Crippen MR) is 59.7 cm³/mol. The topological polar surface area (TPSA) is 44.5 Å². The van der Waals surface area contributed by atoms with Gasteiger partial charge in [0.15, 0.2) is 0 Å². The standard InChI is InChI=1S/C12H23NO2/c13-10-12(5-1-2-6-12)15-9-11-3-7-14-8-4-11/h11H,1-10,13H2. The summed E-state index contributed by atoms with van der Waals surface area (Å²) in [6, 6.07) is 0. The molecule has 0 aromatic carbocycles. The van der Waals surface area contributed by atoms with Crippen LogP contribution in [0.25, 0.3) is 0 Å². The van der Waals surface area contributed by atoms with Crippen LogP contribution in [-0.4, -0.2) is 32.0 Å². The van der Waals surface area contributed by atoms with Crippen molar-refractivity contribution in [1.29, 1.82) is 0 Å². The molecule has 88 valence electrons. The van der Waals surface area contributed by atoms with Gasteiger partial charge in [-0.1, -0.05) is 12.8 Å². The van der Waals surface area contributed by atoms with Crippen LogP contribution >= 0.6 is 0 Å². The SMILES string of the molecule is NCC1(OCC2CCOCC2)CCCC1. The van der Waals surface area contributed by atoms with Crippen LogP contribution in [0.1, 0.15) is 38.5 Å². The normalized spacial score (nSPS) is 27.0. The van der Waals surface area contributed by atoms with Crippen LogP contribution in [0, 0.1) is 5.92 Å². The van der Waals surface area contributed by atoms with Crippen molar-refractivity contribution >= 4 is 0 Å². The van der Waals surface area contributed by atoms with Crippen molar-refractivity contribution in [3.63, 3.8) is 0 Å². The molecule has 0 aromatic heterocycles. The maximum atomic E-state index is 6.10. The first-order valence-electron chi connectivity index (χ1n) is 6.26. The zero-order valence-corrected chi connectivity index (χ0v) is 9.54. The van der Waals surface area contributed by atoms with Crippen molar-refractivity contribution in [3.8, 4) is 0 Å². The third kappa shape index (κ3) is 2.92. The first-order valence-corrected chi connectivity index (χ1v) is 6.26. The maximum absolute atomic E-state index is 6.10. The van der Waals surface area contributed by atoms with Crippen LogP contribution in [-0.2, 0) is 9.47 Å². The van der Waals surface area contributed by atoms with Gasteiger partial charge in [0.05, 0.1) is 12.2 Å². The Morgan fingerprint density at radius 2 is 1.87 bits per heavy atom. The van der Waals surface area contributed by atoms with Gasteiger partial charge in [0.25, 0.3) is 0 Å². The van der Waals surface area contributed by atoms with E-state index in [2.05, 4.69) is 0 Å². The lowest BCUT2D eigenvalue weighted by atomic mass is 9.99. The second kappa shape index (κ2) is 5.28. The van der Waals surface area contributed by atoms with Gasteiger partial charge in [0.1, 0.15) is 0 Å². The minimum Gasteiger partial charge on any atom is -0.381 e. The molecule has 1 aliphatic heterocycles. The van der Waals surface area contributed by atoms with Crippen LogP contribution < -0.4 is 5.73 Å². The summed E-state index contributed by atoms with van der Waals surface area (Å²) in [6.07, 6.45) is 7.19. The first-order chi connectivity index (χ1) is 7.35. The highest BCUT2D eigenvalue weighted by Gasteiger charge is 2.34. The molecule has 3 nitrogen and oxygen atoms in total. The smallest absolute Gasteiger partial charge is 0.0804 e. The predicted octanol–water partition coefficient (Wildman–Crippen LogP) is 1.70. The quantitative estimate of drug-likeness (QED) is 0.773. The Morgan fingerprint density at radius 1 is 1.20 bits per heavy atom. The summed E-state index contributed by atoms with van der Waals surface area (Å²) >= 11 is 0. The Hall–Kier alpha value is -0.120. The summed E-state index contributed by atoms with van der Waals surface area (Å²) in [5, 5.41) is 0. The molecule has 1 heterocycles. The van der Waals surface area contributed by atoms with E-state index in [0.29, 0.717) is 12.5 Å². The molecule has 0 aromatic rings. The lowest BCUT2D eigenvalue weighted by Gasteiger charge is -2.31. The fourth-order valence-corrected chi connectivity index (χ4v) is 2.63. The molecule has 2 aliphatic rings. The summed E-state index contributed by atoms with van der Waals surface area (Å²) < 4.78 is 11.4. The fraction of sp³-hybridized carbons (Fsp3) is 1.00. The summed E-state index contributed by atoms with van der Waals surface area (Å²) in [4.78, 5) is 0. The number of ether oxygens (including phenoxy) is 2. The lowest BCUT2D eigenvalue weighted by molar-refractivity contribution is -0.0666. The molecular weight excluding hydrogens is 190 g/mol. The van der Waals surface area contributed by atoms with Gasteiger partial charge in [0, 0.05) is 19.8 Å². The van der Waals surface area contributed by atoms with Crippen molar-refractivity contribution in [3.05, 3.63) is 0 Å². The second-order valence-corrected chi connectivity index (χ2v) is 4.96. The molecule has 1 aliphatic carbocycles. The van der Waals surface area contributed by atoms with Crippen LogP contribution in [0.4, 0.5) is 0 Å². The van der Waals surface area contributed by atoms with E-state index in [1.807, 2.05) is 0 Å². The third-order valence-electron chi connectivity index (χ3n) is 3.85. The molecule has 0 atom stereocenters. The monoisotopic (exact) mass is 213 g/mol. The van der Waals surface area contributed by atoms with E-state index in [0.717, 1.165) is 45.5 Å². The Balaban J connectivity index is 1.75. The second-order valence-electron chi connectivity index (χ2n) is 4.96. The van der Waals surface area contributed by atoms with Crippen LogP contribution in [0.15, 0.2) is 0 Å². The molecule has 1 saturated carbocycles. The van der Waals surface area contributed by atoms with Crippen molar-refractivity contribution in [2.45, 2.75) is 44.1 Å². The van der Waals surface area contributed by atoms with Crippen LogP contribution in [0.3, 0.4) is 0 Å². The zero-order chi connectivity index (χ0) is 10.6. The first kappa shape index (κ1) is 11.4. The van der Waals surface area contributed by atoms with Crippen molar-refractivity contribution in [1.82, 2.24) is 0 Å². The average molecular weight is 213 g/mol. The van der Waals surface area contributed by atoms with Gasteiger partial charge in [-0.2, -0.15) is 0 Å². The summed E-state index contributed by atoms with van der Waals surface area (Å²) in [5.74, 6) is 0.697. The molecule has 1 saturated heterocycles. The van der Waals surface area contributed by atoms with Crippen molar-refractivity contribution in [2.75, 3.05) is 26.4 Å². The summed E-state index contributed by atoms with van der Waals surface area (Å²) in [7, 11) is 0. The van der Waals surface area contributed by atoms with Gasteiger partial charge in [-0.3, -0.25) is 0 Å². The van der Waals surface area contributed by atoms with Gasteiger partial charge in [-0.15, -0.1) is 0 Å². The van der Waals surface area contributed by atoms with Crippen LogP contribution in [0.2, 0.25) is 0 Å². The number of hydrogen-bond donors (Lipinski definition) is 1. The minimum absolute atomic E-state index is 0.0261. The van der Waals surface area contributed by atoms with E-state index in [1.165, 1.54) is 12.8 Å². The van der Waals surface area contributed by atoms with Crippen LogP contribution in [0.5, 0.6) is 0 Å². The molecular formula is C12H23NO2. The van der Waals surface area contributed by atoms with Gasteiger partial charge in [-0.05, 0) is 31.6 Å². The summed E-state index contributed by atoms with van der Waals surface area (Å²) in [6.45, 7) is 3.39. The molecule has 0 radical (unpaired) electrons. The van der Waals surface area contributed by atoms with E-state index in [1.54, 1.807) is 0 Å². The molecule has 2 fully saturated rings. The molecule has 3 heteroatoms. The van der Waals surface area contributed by atoms with E-state index >= 15 is 0 Å². The molecule has 0 unspecified atom stereocenters. The van der Waals surface area contributed by atoms with E-state index in [-0.39, 0.29) is 5.60 Å². The molecule has 15 heavy (non-hydrogen) atoms. The number of hydrogen-bond acceptors (Lipinski definition) is 3. The Morgan fingerprint density at radius 3 is 2.47 bits per heavy atom. The molecule has 2 N–H and O–H groups in total. The summed E-state index contributed by atoms with van der Waals surface area (Å²) in [5.41, 5.74) is 5.86. The molecule has 2 rings (SSSR count). The van der Waals surface area contributed by atoms with E-state index in [9.17, 15) is 0 Å². The highest BCUT2D eigenvalue weighted by Crippen LogP contribution is 2.33. The molecule has 0 amide bonds. The van der Waals surface area contributed by atoms with Crippen molar-refractivity contribution in [2.24, 2.45) is 11.7 Å². The zero-order valence-electron chi connectivity index (χ0n) is 9.54. The third-order valence-corrected chi connectivity index (χ3v) is 3.85. The minimum atomic E-state index is 0.0261. The Kier molecular flexibility index (Phi) is 4.00. The fourth-order valence-electron chi connectivity index (χ4n) is 2.63. The largest absolute Gasteiger partial charge is 0.381 e. The number of nitrogens with two attached hydrogens (primary N) is 1. The highest BCUT2D eigenvalue weighted by molar-refractivity contribution is 4.87. The van der Waals surface area contributed by atoms with E-state index < -0.39 is 0 Å². The van der Waals surface area contributed by atoms with Gasteiger partial charge < -0.3 is 15.2 Å². The van der Waals surface area contributed by atoms with E-state index in [4.69, 9.17) is 15.2 Å². The Bertz CT molecular complexity index is 184. The highest BCUT2D eigenvalue weighted by atomic mass is 16.5. The number of rotatable bonds is 4. The average Bonchev–Trinajstić information content (AvgIpc) is 2.77. The molecule has 0 spiro atoms. The molecule has 0 bridgehead atoms. The maximum Gasteiger partial charge on any atom is 0.0804 e. The Labute approximate surface area is 92.3 Å². The van der Waals surface area contributed by atoms with Crippen molar-refractivity contribution < 1.29 is 9.47 Å². The van der Waals surface area contributed by atoms with Gasteiger partial charge in [-0.25, -0.2) is 0 Å².